The molecule has 1 aliphatic rings. The molecule has 1 aromatic heterocycles. The summed E-state index contributed by atoms with van der Waals surface area (Å²) in [6, 6.07) is 17.0. The fourth-order valence-electron chi connectivity index (χ4n) is 3.74. The van der Waals surface area contributed by atoms with Crippen LogP contribution in [-0.4, -0.2) is 48.0 Å². The van der Waals surface area contributed by atoms with Gasteiger partial charge in [0.15, 0.2) is 0 Å². The van der Waals surface area contributed by atoms with Crippen molar-refractivity contribution < 1.29 is 19.2 Å². The number of carbonyl (C=O) groups is 1. The zero-order valence-corrected chi connectivity index (χ0v) is 17.4. The first-order valence-electron chi connectivity index (χ1n) is 10.4. The Morgan fingerprint density at radius 1 is 1.19 bits per heavy atom. The highest BCUT2D eigenvalue weighted by Gasteiger charge is 2.29. The van der Waals surface area contributed by atoms with Crippen LogP contribution in [0.1, 0.15) is 24.4 Å². The number of aliphatic hydroxyl groups excluding tert-OH is 1. The number of methoxy groups -OCH3 is 1. The number of benzene rings is 2. The molecule has 2 heterocycles. The molecule has 2 aromatic carbocycles. The normalized spacial score (nSPS) is 15.5. The molecule has 2 N–H and O–H groups in total. The maximum atomic E-state index is 12.7. The minimum absolute atomic E-state index is 0.0352. The number of amides is 1. The molecule has 4 rings (SSSR count). The second-order valence-electron chi connectivity index (χ2n) is 7.54. The van der Waals surface area contributed by atoms with Gasteiger partial charge in [0.05, 0.1) is 19.8 Å². The summed E-state index contributed by atoms with van der Waals surface area (Å²) in [6.07, 6.45) is 1.36. The highest BCUT2D eigenvalue weighted by Crippen LogP contribution is 2.26. The number of piperidine rings is 1. The van der Waals surface area contributed by atoms with E-state index in [1.54, 1.807) is 7.11 Å². The van der Waals surface area contributed by atoms with Crippen molar-refractivity contribution in [3.05, 3.63) is 60.2 Å². The molecule has 31 heavy (non-hydrogen) atoms. The molecule has 3 aromatic rings. The first-order chi connectivity index (χ1) is 15.2. The van der Waals surface area contributed by atoms with E-state index in [1.807, 2.05) is 59.5 Å². The highest BCUT2D eigenvalue weighted by atomic mass is 16.5. The van der Waals surface area contributed by atoms with E-state index in [-0.39, 0.29) is 18.4 Å². The summed E-state index contributed by atoms with van der Waals surface area (Å²) >= 11 is 0. The summed E-state index contributed by atoms with van der Waals surface area (Å²) in [4.78, 5) is 19.2. The Bertz CT molecular complexity index is 982. The average Bonchev–Trinajstić information content (AvgIpc) is 3.33. The summed E-state index contributed by atoms with van der Waals surface area (Å²) in [6.45, 7) is 1.17. The minimum atomic E-state index is -0.394. The lowest BCUT2D eigenvalue weighted by molar-refractivity contribution is -0.126. The van der Waals surface area contributed by atoms with Crippen LogP contribution in [0.15, 0.2) is 59.1 Å². The molecule has 1 atom stereocenters. The van der Waals surface area contributed by atoms with Gasteiger partial charge in [0.1, 0.15) is 5.75 Å². The first kappa shape index (κ1) is 20.9. The third-order valence-electron chi connectivity index (χ3n) is 5.60. The molecule has 0 unspecified atom stereocenters. The summed E-state index contributed by atoms with van der Waals surface area (Å²) in [5, 5.41) is 16.7. The predicted molar refractivity (Wildman–Crippen MR) is 116 cm³/mol. The largest absolute Gasteiger partial charge is 0.497 e. The lowest BCUT2D eigenvalue weighted by atomic mass is 9.95. The Balaban J connectivity index is 1.33. The molecule has 0 saturated carbocycles. The van der Waals surface area contributed by atoms with Gasteiger partial charge in [-0.25, -0.2) is 0 Å². The van der Waals surface area contributed by atoms with Crippen LogP contribution in [0, 0.1) is 5.92 Å². The van der Waals surface area contributed by atoms with Crippen LogP contribution in [0.5, 0.6) is 5.75 Å². The van der Waals surface area contributed by atoms with Crippen LogP contribution in [0.4, 0.5) is 6.01 Å². The van der Waals surface area contributed by atoms with Gasteiger partial charge < -0.3 is 24.6 Å². The summed E-state index contributed by atoms with van der Waals surface area (Å²) in [7, 11) is 1.62. The van der Waals surface area contributed by atoms with Gasteiger partial charge in [0.2, 0.25) is 11.7 Å². The molecule has 1 saturated heterocycles. The van der Waals surface area contributed by atoms with Crippen LogP contribution in [0.2, 0.25) is 0 Å². The summed E-state index contributed by atoms with van der Waals surface area (Å²) < 4.78 is 10.6. The fraction of sp³-hybridized carbons (Fsp3) is 0.348. The van der Waals surface area contributed by atoms with E-state index in [9.17, 15) is 9.90 Å². The van der Waals surface area contributed by atoms with Gasteiger partial charge in [-0.3, -0.25) is 4.79 Å². The standard InChI is InChI=1S/C23H26N4O4/c1-30-19-9-7-17(8-10-19)21-25-23(31-26-21)27-13-11-18(12-14-27)22(29)24-20(15-28)16-5-3-2-4-6-16/h2-10,18,20,28H,11-15H2,1H3,(H,24,29)/t20-/m0/s1. The van der Waals surface area contributed by atoms with Crippen molar-refractivity contribution in [3.8, 4) is 17.1 Å². The molecule has 8 heteroatoms. The number of anilines is 1. The second-order valence-corrected chi connectivity index (χ2v) is 7.54. The number of nitrogens with one attached hydrogen (secondary N) is 1. The lowest BCUT2D eigenvalue weighted by Crippen LogP contribution is -2.42. The zero-order chi connectivity index (χ0) is 21.6. The minimum Gasteiger partial charge on any atom is -0.497 e. The highest BCUT2D eigenvalue weighted by molar-refractivity contribution is 5.79. The number of hydrogen-bond acceptors (Lipinski definition) is 7. The Kier molecular flexibility index (Phi) is 6.47. The van der Waals surface area contributed by atoms with Gasteiger partial charge in [-0.2, -0.15) is 4.98 Å². The van der Waals surface area contributed by atoms with Crippen molar-refractivity contribution in [1.29, 1.82) is 0 Å². The van der Waals surface area contributed by atoms with Gasteiger partial charge in [0.25, 0.3) is 0 Å². The molecule has 1 fully saturated rings. The summed E-state index contributed by atoms with van der Waals surface area (Å²) in [5.41, 5.74) is 1.74. The number of aromatic nitrogens is 2. The van der Waals surface area contributed by atoms with E-state index in [4.69, 9.17) is 9.26 Å². The van der Waals surface area contributed by atoms with Crippen LogP contribution in [-0.2, 0) is 4.79 Å². The van der Waals surface area contributed by atoms with Gasteiger partial charge in [0, 0.05) is 24.6 Å². The Morgan fingerprint density at radius 3 is 2.55 bits per heavy atom. The monoisotopic (exact) mass is 422 g/mol. The number of carbonyl (C=O) groups excluding carboxylic acids is 1. The molecule has 0 spiro atoms. The van der Waals surface area contributed by atoms with E-state index in [2.05, 4.69) is 15.5 Å². The molecule has 0 aliphatic carbocycles. The van der Waals surface area contributed by atoms with Crippen molar-refractivity contribution in [1.82, 2.24) is 15.5 Å². The number of nitrogens with zero attached hydrogens (tertiary/aromatic N) is 3. The molecule has 1 amide bonds. The van der Waals surface area contributed by atoms with E-state index in [1.165, 1.54) is 0 Å². The van der Waals surface area contributed by atoms with E-state index in [0.717, 1.165) is 16.9 Å². The van der Waals surface area contributed by atoms with Crippen LogP contribution in [0.25, 0.3) is 11.4 Å². The maximum Gasteiger partial charge on any atom is 0.324 e. The van der Waals surface area contributed by atoms with E-state index in [0.29, 0.717) is 37.8 Å². The fourth-order valence-corrected chi connectivity index (χ4v) is 3.74. The Hall–Kier alpha value is -3.39. The maximum absolute atomic E-state index is 12.7. The van der Waals surface area contributed by atoms with Gasteiger partial charge in [-0.15, -0.1) is 0 Å². The lowest BCUT2D eigenvalue weighted by Gasteiger charge is -2.30. The number of ether oxygens (including phenoxy) is 1. The van der Waals surface area contributed by atoms with Crippen molar-refractivity contribution in [2.24, 2.45) is 5.92 Å². The van der Waals surface area contributed by atoms with Crippen LogP contribution in [0.3, 0.4) is 0 Å². The first-order valence-corrected chi connectivity index (χ1v) is 10.4. The number of aliphatic hydroxyl groups is 1. The van der Waals surface area contributed by atoms with Crippen molar-refractivity contribution in [3.63, 3.8) is 0 Å². The number of hydrogen-bond donors (Lipinski definition) is 2. The van der Waals surface area contributed by atoms with E-state index < -0.39 is 6.04 Å². The Labute approximate surface area is 180 Å². The third-order valence-corrected chi connectivity index (χ3v) is 5.60. The smallest absolute Gasteiger partial charge is 0.324 e. The SMILES string of the molecule is COc1ccc(-c2noc(N3CCC(C(=O)N[C@@H](CO)c4ccccc4)CC3)n2)cc1. The molecule has 1 aliphatic heterocycles. The van der Waals surface area contributed by atoms with Crippen molar-refractivity contribution >= 4 is 11.9 Å². The molecule has 8 nitrogen and oxygen atoms in total. The molecule has 0 radical (unpaired) electrons. The predicted octanol–water partition coefficient (Wildman–Crippen LogP) is 2.81. The molecule has 162 valence electrons. The summed E-state index contributed by atoms with van der Waals surface area (Å²) in [5.74, 6) is 1.14. The van der Waals surface area contributed by atoms with Gasteiger partial charge in [-0.05, 0) is 42.7 Å². The topological polar surface area (TPSA) is 101 Å². The van der Waals surface area contributed by atoms with Gasteiger partial charge in [-0.1, -0.05) is 35.5 Å². The number of rotatable bonds is 7. The van der Waals surface area contributed by atoms with E-state index >= 15 is 0 Å². The molecular weight excluding hydrogens is 396 g/mol. The van der Waals surface area contributed by atoms with Crippen molar-refractivity contribution in [2.45, 2.75) is 18.9 Å². The average molecular weight is 422 g/mol. The molecular formula is C23H26N4O4. The van der Waals surface area contributed by atoms with Crippen molar-refractivity contribution in [2.75, 3.05) is 31.7 Å². The van der Waals surface area contributed by atoms with Gasteiger partial charge >= 0.3 is 6.01 Å². The van der Waals surface area contributed by atoms with Crippen LogP contribution >= 0.6 is 0 Å². The second kappa shape index (κ2) is 9.61. The molecule has 0 bridgehead atoms. The van der Waals surface area contributed by atoms with Crippen LogP contribution < -0.4 is 15.0 Å². The Morgan fingerprint density at radius 2 is 1.90 bits per heavy atom. The quantitative estimate of drug-likeness (QED) is 0.604. The third kappa shape index (κ3) is 4.86. The zero-order valence-electron chi connectivity index (χ0n) is 17.4.